The highest BCUT2D eigenvalue weighted by Crippen LogP contribution is 2.40. The SMILES string of the molecule is CCc1cccc(NC(=O)N[C@@H]2C[C@H](c3ccccc3C)C[C@H](c3ccccc3)N(CC(=O)NC3(C)CCCCC3)C2=O)c1. The van der Waals surface area contributed by atoms with Crippen LogP contribution < -0.4 is 16.0 Å². The standard InChI is InChI=1S/C37H46N4O3/c1-4-27-15-13-18-30(22-27)38-36(44)39-32-23-29(31-19-10-9-14-26(31)2)24-33(28-16-7-5-8-17-28)41(35(32)43)25-34(42)40-37(3)20-11-6-12-21-37/h5,7-10,13-19,22,29,32-33H,4,6,11-12,20-21,23-25H2,1-3H3,(H,40,42)(H2,38,39,44)/t29-,32+,33+/m0/s1. The molecule has 0 unspecified atom stereocenters. The zero-order valence-corrected chi connectivity index (χ0v) is 26.3. The first-order valence-corrected chi connectivity index (χ1v) is 16.1. The van der Waals surface area contributed by atoms with Crippen LogP contribution in [0.5, 0.6) is 0 Å². The molecule has 3 aromatic carbocycles. The number of rotatable bonds is 8. The minimum atomic E-state index is -0.805. The first-order valence-electron chi connectivity index (χ1n) is 16.1. The van der Waals surface area contributed by atoms with Crippen molar-refractivity contribution in [3.8, 4) is 0 Å². The van der Waals surface area contributed by atoms with Crippen molar-refractivity contribution in [3.63, 3.8) is 0 Å². The largest absolute Gasteiger partial charge is 0.349 e. The van der Waals surface area contributed by atoms with E-state index in [9.17, 15) is 14.4 Å². The van der Waals surface area contributed by atoms with Gasteiger partial charge in [0.15, 0.2) is 0 Å². The Morgan fingerprint density at radius 2 is 1.64 bits per heavy atom. The molecule has 7 heteroatoms. The van der Waals surface area contributed by atoms with Crippen LogP contribution in [0.25, 0.3) is 0 Å². The molecule has 1 saturated carbocycles. The van der Waals surface area contributed by atoms with E-state index in [-0.39, 0.29) is 35.9 Å². The summed E-state index contributed by atoms with van der Waals surface area (Å²) < 4.78 is 0. The Morgan fingerprint density at radius 3 is 2.36 bits per heavy atom. The molecule has 0 spiro atoms. The third-order valence-corrected chi connectivity index (χ3v) is 9.41. The number of hydrogen-bond acceptors (Lipinski definition) is 3. The van der Waals surface area contributed by atoms with E-state index < -0.39 is 12.1 Å². The molecule has 3 aromatic rings. The van der Waals surface area contributed by atoms with Gasteiger partial charge in [0.25, 0.3) is 0 Å². The number of benzene rings is 3. The molecule has 1 aliphatic heterocycles. The van der Waals surface area contributed by atoms with Crippen molar-refractivity contribution in [1.82, 2.24) is 15.5 Å². The summed E-state index contributed by atoms with van der Waals surface area (Å²) >= 11 is 0. The van der Waals surface area contributed by atoms with Crippen molar-refractivity contribution < 1.29 is 14.4 Å². The average molecular weight is 595 g/mol. The van der Waals surface area contributed by atoms with Crippen molar-refractivity contribution in [2.75, 3.05) is 11.9 Å². The van der Waals surface area contributed by atoms with Gasteiger partial charge in [-0.2, -0.15) is 0 Å². The van der Waals surface area contributed by atoms with Crippen LogP contribution in [0.2, 0.25) is 0 Å². The lowest BCUT2D eigenvalue weighted by atomic mass is 9.83. The van der Waals surface area contributed by atoms with Gasteiger partial charge in [-0.3, -0.25) is 9.59 Å². The summed E-state index contributed by atoms with van der Waals surface area (Å²) in [7, 11) is 0. The third-order valence-electron chi connectivity index (χ3n) is 9.41. The van der Waals surface area contributed by atoms with Crippen LogP contribution in [0.15, 0.2) is 78.9 Å². The first-order chi connectivity index (χ1) is 21.2. The average Bonchev–Trinajstić information content (AvgIpc) is 3.14. The van der Waals surface area contributed by atoms with Crippen molar-refractivity contribution in [2.24, 2.45) is 0 Å². The van der Waals surface area contributed by atoms with E-state index in [1.165, 1.54) is 6.42 Å². The second-order valence-electron chi connectivity index (χ2n) is 12.8. The Balaban J connectivity index is 1.47. The van der Waals surface area contributed by atoms with Crippen LogP contribution in [-0.4, -0.2) is 40.9 Å². The highest BCUT2D eigenvalue weighted by Gasteiger charge is 2.41. The molecule has 0 bridgehead atoms. The zero-order valence-electron chi connectivity index (χ0n) is 26.3. The van der Waals surface area contributed by atoms with Crippen LogP contribution >= 0.6 is 0 Å². The number of carbonyl (C=O) groups is 3. The van der Waals surface area contributed by atoms with Crippen LogP contribution in [0, 0.1) is 6.92 Å². The second kappa shape index (κ2) is 14.1. The smallest absolute Gasteiger partial charge is 0.319 e. The summed E-state index contributed by atoms with van der Waals surface area (Å²) in [4.78, 5) is 43.2. The van der Waals surface area contributed by atoms with Gasteiger partial charge < -0.3 is 20.9 Å². The van der Waals surface area contributed by atoms with E-state index in [1.807, 2.05) is 66.7 Å². The van der Waals surface area contributed by atoms with Gasteiger partial charge in [0.2, 0.25) is 11.8 Å². The fraction of sp³-hybridized carbons (Fsp3) is 0.432. The van der Waals surface area contributed by atoms with E-state index in [4.69, 9.17) is 0 Å². The molecule has 232 valence electrons. The Morgan fingerprint density at radius 1 is 0.909 bits per heavy atom. The van der Waals surface area contributed by atoms with E-state index in [2.05, 4.69) is 48.9 Å². The lowest BCUT2D eigenvalue weighted by Gasteiger charge is -2.37. The summed E-state index contributed by atoms with van der Waals surface area (Å²) in [5, 5.41) is 9.21. The normalized spacial score (nSPS) is 21.7. The summed E-state index contributed by atoms with van der Waals surface area (Å²) in [6, 6.07) is 24.4. The maximum Gasteiger partial charge on any atom is 0.319 e. The highest BCUT2D eigenvalue weighted by atomic mass is 16.2. The van der Waals surface area contributed by atoms with E-state index in [1.54, 1.807) is 4.90 Å². The summed E-state index contributed by atoms with van der Waals surface area (Å²) in [5.41, 5.74) is 4.82. The molecule has 2 aliphatic rings. The molecule has 0 radical (unpaired) electrons. The van der Waals surface area contributed by atoms with Crippen LogP contribution in [-0.2, 0) is 16.0 Å². The molecule has 0 aromatic heterocycles. The quantitative estimate of drug-likeness (QED) is 0.261. The van der Waals surface area contributed by atoms with E-state index in [0.29, 0.717) is 18.5 Å². The molecule has 3 N–H and O–H groups in total. The first kappa shape index (κ1) is 31.3. The maximum absolute atomic E-state index is 14.5. The van der Waals surface area contributed by atoms with Gasteiger partial charge in [-0.1, -0.05) is 92.9 Å². The van der Waals surface area contributed by atoms with E-state index >= 15 is 0 Å². The molecule has 5 rings (SSSR count). The lowest BCUT2D eigenvalue weighted by Crippen LogP contribution is -2.54. The molecule has 3 atom stereocenters. The van der Waals surface area contributed by atoms with Gasteiger partial charge in [0, 0.05) is 11.2 Å². The molecule has 1 heterocycles. The number of anilines is 1. The minimum absolute atomic E-state index is 0.0111. The topological polar surface area (TPSA) is 90.5 Å². The van der Waals surface area contributed by atoms with Crippen LogP contribution in [0.4, 0.5) is 10.5 Å². The van der Waals surface area contributed by atoms with Crippen molar-refractivity contribution >= 4 is 23.5 Å². The number of amides is 4. The maximum atomic E-state index is 14.5. The Hall–Kier alpha value is -4.13. The van der Waals surface area contributed by atoms with Gasteiger partial charge in [-0.05, 0) is 86.3 Å². The molecular weight excluding hydrogens is 548 g/mol. The summed E-state index contributed by atoms with van der Waals surface area (Å²) in [6.45, 7) is 6.20. The molecule has 44 heavy (non-hydrogen) atoms. The predicted octanol–water partition coefficient (Wildman–Crippen LogP) is 7.03. The molecular formula is C37H46N4O3. The second-order valence-corrected chi connectivity index (χ2v) is 12.8. The van der Waals surface area contributed by atoms with Gasteiger partial charge in [0.1, 0.15) is 12.6 Å². The molecule has 1 saturated heterocycles. The van der Waals surface area contributed by atoms with Gasteiger partial charge in [0.05, 0.1) is 6.04 Å². The monoisotopic (exact) mass is 594 g/mol. The number of urea groups is 1. The number of likely N-dealkylation sites (tertiary alicyclic amines) is 1. The fourth-order valence-electron chi connectivity index (χ4n) is 7.01. The Labute approximate surface area is 261 Å². The fourth-order valence-corrected chi connectivity index (χ4v) is 7.01. The van der Waals surface area contributed by atoms with Crippen molar-refractivity contribution in [2.45, 2.75) is 95.7 Å². The Bertz CT molecular complexity index is 1450. The van der Waals surface area contributed by atoms with Gasteiger partial charge in [-0.25, -0.2) is 4.79 Å². The van der Waals surface area contributed by atoms with Crippen LogP contribution in [0.1, 0.15) is 93.0 Å². The van der Waals surface area contributed by atoms with Gasteiger partial charge >= 0.3 is 6.03 Å². The minimum Gasteiger partial charge on any atom is -0.349 e. The zero-order chi connectivity index (χ0) is 31.1. The highest BCUT2D eigenvalue weighted by molar-refractivity contribution is 5.95. The Kier molecular flexibility index (Phi) is 10.0. The van der Waals surface area contributed by atoms with E-state index in [0.717, 1.165) is 54.4 Å². The molecule has 7 nitrogen and oxygen atoms in total. The third kappa shape index (κ3) is 7.68. The molecule has 2 fully saturated rings. The summed E-state index contributed by atoms with van der Waals surface area (Å²) in [6.07, 6.45) is 7.17. The number of nitrogens with zero attached hydrogens (tertiary/aromatic N) is 1. The molecule has 4 amide bonds. The van der Waals surface area contributed by atoms with Crippen molar-refractivity contribution in [3.05, 3.63) is 101 Å². The predicted molar refractivity (Wildman–Crippen MR) is 175 cm³/mol. The van der Waals surface area contributed by atoms with Crippen molar-refractivity contribution in [1.29, 1.82) is 0 Å². The number of aryl methyl sites for hydroxylation is 2. The lowest BCUT2D eigenvalue weighted by molar-refractivity contribution is -0.140. The molecule has 1 aliphatic carbocycles. The van der Waals surface area contributed by atoms with Crippen LogP contribution in [0.3, 0.4) is 0 Å². The number of carbonyl (C=O) groups excluding carboxylic acids is 3. The summed E-state index contributed by atoms with van der Waals surface area (Å²) in [5.74, 6) is -0.406. The van der Waals surface area contributed by atoms with Gasteiger partial charge in [-0.15, -0.1) is 0 Å². The number of hydrogen-bond donors (Lipinski definition) is 3. The number of nitrogens with one attached hydrogen (secondary N) is 3.